The highest BCUT2D eigenvalue weighted by Gasteiger charge is 2.30. The van der Waals surface area contributed by atoms with Crippen LogP contribution in [0.15, 0.2) is 0 Å². The molecule has 1 fully saturated rings. The van der Waals surface area contributed by atoms with Gasteiger partial charge in [0.1, 0.15) is 6.61 Å². The molecule has 0 bridgehead atoms. The van der Waals surface area contributed by atoms with E-state index in [4.69, 9.17) is 4.74 Å². The van der Waals surface area contributed by atoms with Crippen molar-refractivity contribution in [3.8, 4) is 0 Å². The molecule has 0 atom stereocenters. The van der Waals surface area contributed by atoms with Crippen LogP contribution in [0.2, 0.25) is 0 Å². The van der Waals surface area contributed by atoms with E-state index in [1.54, 1.807) is 7.11 Å². The number of hydrogen-bond acceptors (Lipinski definition) is 2. The van der Waals surface area contributed by atoms with Gasteiger partial charge in [-0.1, -0.05) is 13.8 Å². The third-order valence-electron chi connectivity index (χ3n) is 3.08. The van der Waals surface area contributed by atoms with Crippen LogP contribution >= 0.6 is 0 Å². The van der Waals surface area contributed by atoms with Gasteiger partial charge < -0.3 is 4.74 Å². The van der Waals surface area contributed by atoms with Crippen molar-refractivity contribution in [2.24, 2.45) is 11.3 Å². The lowest BCUT2D eigenvalue weighted by molar-refractivity contribution is -0.128. The Kier molecular flexibility index (Phi) is 3.48. The molecule has 1 aliphatic rings. The third-order valence-corrected chi connectivity index (χ3v) is 3.08. The summed E-state index contributed by atoms with van der Waals surface area (Å²) in [6.07, 6.45) is 4.45. The fourth-order valence-electron chi connectivity index (χ4n) is 1.98. The second-order valence-electron chi connectivity index (χ2n) is 4.84. The van der Waals surface area contributed by atoms with E-state index in [0.29, 0.717) is 12.0 Å². The summed E-state index contributed by atoms with van der Waals surface area (Å²) in [6, 6.07) is 0. The standard InChI is InChI=1S/C11H20O2/c1-11(2)6-4-9(5-7-11)10(12)8-13-3/h9H,4-8H2,1-3H3. The average Bonchev–Trinajstić information content (AvgIpc) is 2.04. The highest BCUT2D eigenvalue weighted by Crippen LogP contribution is 2.38. The van der Waals surface area contributed by atoms with Crippen LogP contribution in [-0.4, -0.2) is 19.5 Å². The molecule has 0 radical (unpaired) electrons. The Morgan fingerprint density at radius 1 is 1.38 bits per heavy atom. The molecule has 0 unspecified atom stereocenters. The predicted octanol–water partition coefficient (Wildman–Crippen LogP) is 2.42. The lowest BCUT2D eigenvalue weighted by Gasteiger charge is -2.33. The van der Waals surface area contributed by atoms with Crippen LogP contribution in [-0.2, 0) is 9.53 Å². The lowest BCUT2D eigenvalue weighted by Crippen LogP contribution is -2.28. The molecule has 0 saturated heterocycles. The molecule has 13 heavy (non-hydrogen) atoms. The van der Waals surface area contributed by atoms with Crippen molar-refractivity contribution < 1.29 is 9.53 Å². The molecule has 1 saturated carbocycles. The van der Waals surface area contributed by atoms with Crippen molar-refractivity contribution in [1.82, 2.24) is 0 Å². The maximum absolute atomic E-state index is 11.5. The summed E-state index contributed by atoms with van der Waals surface area (Å²) in [5.74, 6) is 0.561. The van der Waals surface area contributed by atoms with Crippen molar-refractivity contribution in [3.05, 3.63) is 0 Å². The Hall–Kier alpha value is -0.370. The summed E-state index contributed by atoms with van der Waals surface area (Å²) in [6.45, 7) is 4.86. The minimum absolute atomic E-state index is 0.271. The molecular weight excluding hydrogens is 164 g/mol. The Bertz CT molecular complexity index is 175. The molecule has 1 rings (SSSR count). The van der Waals surface area contributed by atoms with E-state index in [1.807, 2.05) is 0 Å². The predicted molar refractivity (Wildman–Crippen MR) is 52.6 cm³/mol. The van der Waals surface area contributed by atoms with Crippen LogP contribution in [0.4, 0.5) is 0 Å². The molecule has 76 valence electrons. The molecule has 0 heterocycles. The second-order valence-corrected chi connectivity index (χ2v) is 4.84. The summed E-state index contributed by atoms with van der Waals surface area (Å²) < 4.78 is 4.86. The molecule has 2 nitrogen and oxygen atoms in total. The minimum atomic E-state index is 0.271. The number of methoxy groups -OCH3 is 1. The number of ether oxygens (including phenoxy) is 1. The largest absolute Gasteiger partial charge is 0.377 e. The van der Waals surface area contributed by atoms with Gasteiger partial charge in [0.25, 0.3) is 0 Å². The molecule has 0 aromatic carbocycles. The quantitative estimate of drug-likeness (QED) is 0.673. The zero-order chi connectivity index (χ0) is 9.90. The van der Waals surface area contributed by atoms with Crippen LogP contribution in [0.25, 0.3) is 0 Å². The number of ketones is 1. The van der Waals surface area contributed by atoms with Gasteiger partial charge in [0.15, 0.2) is 5.78 Å². The smallest absolute Gasteiger partial charge is 0.161 e. The lowest BCUT2D eigenvalue weighted by atomic mass is 9.72. The number of carbonyl (C=O) groups is 1. The maximum atomic E-state index is 11.5. The van der Waals surface area contributed by atoms with Gasteiger partial charge in [0.2, 0.25) is 0 Å². The topological polar surface area (TPSA) is 26.3 Å². The van der Waals surface area contributed by atoms with Crippen molar-refractivity contribution in [2.45, 2.75) is 39.5 Å². The molecule has 0 amide bonds. The molecule has 2 heteroatoms. The van der Waals surface area contributed by atoms with E-state index in [9.17, 15) is 4.79 Å². The van der Waals surface area contributed by atoms with Gasteiger partial charge in [-0.2, -0.15) is 0 Å². The molecule has 0 aromatic heterocycles. The summed E-state index contributed by atoms with van der Waals surface area (Å²) in [5.41, 5.74) is 0.448. The Morgan fingerprint density at radius 2 is 1.92 bits per heavy atom. The van der Waals surface area contributed by atoms with E-state index in [2.05, 4.69) is 13.8 Å². The first-order valence-corrected chi connectivity index (χ1v) is 5.07. The van der Waals surface area contributed by atoms with Crippen molar-refractivity contribution in [1.29, 1.82) is 0 Å². The van der Waals surface area contributed by atoms with E-state index in [0.717, 1.165) is 12.8 Å². The molecule has 0 aliphatic heterocycles. The first kappa shape index (κ1) is 10.7. The molecule has 0 spiro atoms. The van der Waals surface area contributed by atoms with Crippen LogP contribution in [0.5, 0.6) is 0 Å². The van der Waals surface area contributed by atoms with Gasteiger partial charge in [-0.15, -0.1) is 0 Å². The fourth-order valence-corrected chi connectivity index (χ4v) is 1.98. The fraction of sp³-hybridized carbons (Fsp3) is 0.909. The van der Waals surface area contributed by atoms with Gasteiger partial charge in [-0.05, 0) is 31.1 Å². The summed E-state index contributed by atoms with van der Waals surface area (Å²) >= 11 is 0. The first-order valence-electron chi connectivity index (χ1n) is 5.07. The van der Waals surface area contributed by atoms with Gasteiger partial charge in [0.05, 0.1) is 0 Å². The Balaban J connectivity index is 2.36. The highest BCUT2D eigenvalue weighted by atomic mass is 16.5. The number of carbonyl (C=O) groups excluding carboxylic acids is 1. The molecule has 0 N–H and O–H groups in total. The maximum Gasteiger partial charge on any atom is 0.161 e. The van der Waals surface area contributed by atoms with Crippen LogP contribution in [0.1, 0.15) is 39.5 Å². The van der Waals surface area contributed by atoms with Gasteiger partial charge >= 0.3 is 0 Å². The Labute approximate surface area is 80.7 Å². The summed E-state index contributed by atoms with van der Waals surface area (Å²) in [4.78, 5) is 11.5. The van der Waals surface area contributed by atoms with Crippen LogP contribution in [0.3, 0.4) is 0 Å². The van der Waals surface area contributed by atoms with E-state index in [1.165, 1.54) is 12.8 Å². The molecular formula is C11H20O2. The second kappa shape index (κ2) is 4.23. The highest BCUT2D eigenvalue weighted by molar-refractivity contribution is 5.82. The summed E-state index contributed by atoms with van der Waals surface area (Å²) in [7, 11) is 1.59. The Morgan fingerprint density at radius 3 is 2.38 bits per heavy atom. The molecule has 0 aromatic rings. The first-order chi connectivity index (χ1) is 6.05. The molecule has 1 aliphatic carbocycles. The number of Topliss-reactive ketones (excluding diaryl/α,β-unsaturated/α-hetero) is 1. The van der Waals surface area contributed by atoms with E-state index >= 15 is 0 Å². The summed E-state index contributed by atoms with van der Waals surface area (Å²) in [5, 5.41) is 0. The number of rotatable bonds is 3. The van der Waals surface area contributed by atoms with Gasteiger partial charge in [0, 0.05) is 13.0 Å². The van der Waals surface area contributed by atoms with Crippen molar-refractivity contribution in [3.63, 3.8) is 0 Å². The normalized spacial score (nSPS) is 23.0. The van der Waals surface area contributed by atoms with Crippen LogP contribution < -0.4 is 0 Å². The van der Waals surface area contributed by atoms with E-state index in [-0.39, 0.29) is 11.7 Å². The van der Waals surface area contributed by atoms with E-state index < -0.39 is 0 Å². The SMILES string of the molecule is COCC(=O)C1CCC(C)(C)CC1. The van der Waals surface area contributed by atoms with Crippen LogP contribution in [0, 0.1) is 11.3 Å². The zero-order valence-electron chi connectivity index (χ0n) is 8.93. The monoisotopic (exact) mass is 184 g/mol. The van der Waals surface area contributed by atoms with Crippen molar-refractivity contribution >= 4 is 5.78 Å². The van der Waals surface area contributed by atoms with Crippen molar-refractivity contribution in [2.75, 3.05) is 13.7 Å². The third kappa shape index (κ3) is 3.11. The number of hydrogen-bond donors (Lipinski definition) is 0. The van der Waals surface area contributed by atoms with Gasteiger partial charge in [-0.25, -0.2) is 0 Å². The van der Waals surface area contributed by atoms with Gasteiger partial charge in [-0.3, -0.25) is 4.79 Å². The zero-order valence-corrected chi connectivity index (χ0v) is 8.93. The minimum Gasteiger partial charge on any atom is -0.377 e. The average molecular weight is 184 g/mol.